The van der Waals surface area contributed by atoms with Gasteiger partial charge in [0.05, 0.1) is 5.02 Å². The molecule has 0 aromatic heterocycles. The lowest BCUT2D eigenvalue weighted by atomic mass is 10.2. The van der Waals surface area contributed by atoms with Gasteiger partial charge in [0, 0.05) is 27.4 Å². The summed E-state index contributed by atoms with van der Waals surface area (Å²) >= 11 is 13.3. The summed E-state index contributed by atoms with van der Waals surface area (Å²) in [5, 5.41) is 4.54. The van der Waals surface area contributed by atoms with Crippen molar-refractivity contribution in [3.05, 3.63) is 57.8 Å². The first kappa shape index (κ1) is 15.2. The minimum absolute atomic E-state index is 0.230. The standard InChI is InChI=1S/C16H14Cl2FNS/c17-11-2-5-13(18)16(8-11)21-15-6-1-10(7-14(15)19)9-20-12-3-4-12/h1-2,5-8,12,20H,3-4,9H2. The summed E-state index contributed by atoms with van der Waals surface area (Å²) in [6, 6.07) is 11.1. The fourth-order valence-corrected chi connectivity index (χ4v) is 3.31. The molecule has 0 amide bonds. The highest BCUT2D eigenvalue weighted by Gasteiger charge is 2.20. The molecular weight excluding hydrogens is 328 g/mol. The van der Waals surface area contributed by atoms with Crippen molar-refractivity contribution in [3.8, 4) is 0 Å². The minimum atomic E-state index is -0.230. The molecule has 0 spiro atoms. The van der Waals surface area contributed by atoms with Crippen molar-refractivity contribution >= 4 is 35.0 Å². The lowest BCUT2D eigenvalue weighted by Crippen LogP contribution is -2.15. The first-order valence-corrected chi connectivity index (χ1v) is 8.34. The number of halogens is 3. The van der Waals surface area contributed by atoms with Gasteiger partial charge in [0.2, 0.25) is 0 Å². The van der Waals surface area contributed by atoms with Crippen LogP contribution in [0.1, 0.15) is 18.4 Å². The molecule has 110 valence electrons. The first-order valence-electron chi connectivity index (χ1n) is 6.76. The number of hydrogen-bond acceptors (Lipinski definition) is 2. The monoisotopic (exact) mass is 341 g/mol. The molecule has 0 atom stereocenters. The van der Waals surface area contributed by atoms with Crippen LogP contribution in [-0.4, -0.2) is 6.04 Å². The van der Waals surface area contributed by atoms with Crippen LogP contribution in [0.3, 0.4) is 0 Å². The van der Waals surface area contributed by atoms with E-state index in [4.69, 9.17) is 23.2 Å². The second-order valence-electron chi connectivity index (χ2n) is 5.10. The Bertz CT molecular complexity index is 659. The Balaban J connectivity index is 1.74. The van der Waals surface area contributed by atoms with Crippen LogP contribution in [0.2, 0.25) is 10.0 Å². The Morgan fingerprint density at radius 3 is 2.62 bits per heavy atom. The van der Waals surface area contributed by atoms with Gasteiger partial charge >= 0.3 is 0 Å². The summed E-state index contributed by atoms with van der Waals surface area (Å²) in [5.41, 5.74) is 0.959. The van der Waals surface area contributed by atoms with Gasteiger partial charge in [-0.05, 0) is 48.7 Å². The third-order valence-corrected chi connectivity index (χ3v) is 5.07. The Labute approximate surface area is 137 Å². The van der Waals surface area contributed by atoms with Crippen molar-refractivity contribution in [2.45, 2.75) is 35.2 Å². The van der Waals surface area contributed by atoms with Crippen LogP contribution in [0.25, 0.3) is 0 Å². The number of nitrogens with one attached hydrogen (secondary N) is 1. The third-order valence-electron chi connectivity index (χ3n) is 3.28. The minimum Gasteiger partial charge on any atom is -0.310 e. The van der Waals surface area contributed by atoms with Crippen molar-refractivity contribution in [2.75, 3.05) is 0 Å². The van der Waals surface area contributed by atoms with Crippen molar-refractivity contribution in [3.63, 3.8) is 0 Å². The van der Waals surface area contributed by atoms with Crippen molar-refractivity contribution in [1.82, 2.24) is 5.32 Å². The Kier molecular flexibility index (Phi) is 4.75. The van der Waals surface area contributed by atoms with Gasteiger partial charge in [0.15, 0.2) is 0 Å². The zero-order valence-corrected chi connectivity index (χ0v) is 13.5. The molecule has 1 saturated carbocycles. The Hall–Kier alpha value is -0.740. The number of rotatable bonds is 5. The summed E-state index contributed by atoms with van der Waals surface area (Å²) < 4.78 is 14.2. The van der Waals surface area contributed by atoms with Crippen LogP contribution in [0, 0.1) is 5.82 Å². The van der Waals surface area contributed by atoms with Gasteiger partial charge in [-0.25, -0.2) is 4.39 Å². The van der Waals surface area contributed by atoms with E-state index in [2.05, 4.69) is 5.32 Å². The van der Waals surface area contributed by atoms with E-state index in [0.29, 0.717) is 27.5 Å². The fraction of sp³-hybridized carbons (Fsp3) is 0.250. The zero-order chi connectivity index (χ0) is 14.8. The van der Waals surface area contributed by atoms with E-state index in [0.717, 1.165) is 10.5 Å². The third kappa shape index (κ3) is 4.13. The highest BCUT2D eigenvalue weighted by atomic mass is 35.5. The lowest BCUT2D eigenvalue weighted by Gasteiger charge is -2.08. The molecule has 21 heavy (non-hydrogen) atoms. The molecule has 0 radical (unpaired) electrons. The van der Waals surface area contributed by atoms with Crippen molar-refractivity contribution in [1.29, 1.82) is 0 Å². The van der Waals surface area contributed by atoms with E-state index in [1.165, 1.54) is 24.6 Å². The van der Waals surface area contributed by atoms with Gasteiger partial charge in [-0.1, -0.05) is 41.0 Å². The average Bonchev–Trinajstić information content (AvgIpc) is 3.27. The van der Waals surface area contributed by atoms with Crippen molar-refractivity contribution in [2.24, 2.45) is 0 Å². The van der Waals surface area contributed by atoms with E-state index in [1.807, 2.05) is 6.07 Å². The molecule has 0 saturated heterocycles. The quantitative estimate of drug-likeness (QED) is 0.766. The predicted molar refractivity (Wildman–Crippen MR) is 86.8 cm³/mol. The molecule has 1 aliphatic carbocycles. The molecule has 0 aliphatic heterocycles. The maximum absolute atomic E-state index is 14.2. The molecule has 0 unspecified atom stereocenters. The summed E-state index contributed by atoms with van der Waals surface area (Å²) in [6.45, 7) is 0.713. The zero-order valence-electron chi connectivity index (χ0n) is 11.2. The van der Waals surface area contributed by atoms with Gasteiger partial charge < -0.3 is 5.32 Å². The Morgan fingerprint density at radius 2 is 1.90 bits per heavy atom. The van der Waals surface area contributed by atoms with Crippen LogP contribution in [-0.2, 0) is 6.54 Å². The normalized spacial score (nSPS) is 14.4. The molecule has 1 aliphatic rings. The first-order chi connectivity index (χ1) is 10.1. The molecular formula is C16H14Cl2FNS. The maximum Gasteiger partial charge on any atom is 0.137 e. The summed E-state index contributed by atoms with van der Waals surface area (Å²) in [4.78, 5) is 1.31. The lowest BCUT2D eigenvalue weighted by molar-refractivity contribution is 0.595. The molecule has 2 aromatic rings. The summed E-state index contributed by atoms with van der Waals surface area (Å²) in [6.07, 6.45) is 2.45. The van der Waals surface area contributed by atoms with Gasteiger partial charge in [-0.2, -0.15) is 0 Å². The number of benzene rings is 2. The molecule has 2 aromatic carbocycles. The fourth-order valence-electron chi connectivity index (χ4n) is 1.96. The van der Waals surface area contributed by atoms with E-state index in [1.54, 1.807) is 30.3 Å². The SMILES string of the molecule is Fc1cc(CNC2CC2)ccc1Sc1cc(Cl)ccc1Cl. The molecule has 1 fully saturated rings. The summed E-state index contributed by atoms with van der Waals surface area (Å²) in [7, 11) is 0. The average molecular weight is 342 g/mol. The molecule has 3 rings (SSSR count). The second kappa shape index (κ2) is 6.57. The van der Waals surface area contributed by atoms with Gasteiger partial charge in [-0.15, -0.1) is 0 Å². The van der Waals surface area contributed by atoms with Crippen LogP contribution in [0.4, 0.5) is 4.39 Å². The molecule has 0 heterocycles. The largest absolute Gasteiger partial charge is 0.310 e. The topological polar surface area (TPSA) is 12.0 Å². The van der Waals surface area contributed by atoms with Crippen LogP contribution in [0.5, 0.6) is 0 Å². The highest BCUT2D eigenvalue weighted by molar-refractivity contribution is 7.99. The van der Waals surface area contributed by atoms with E-state index >= 15 is 0 Å². The molecule has 1 nitrogen and oxygen atoms in total. The molecule has 0 bridgehead atoms. The molecule has 1 N–H and O–H groups in total. The van der Waals surface area contributed by atoms with Crippen LogP contribution in [0.15, 0.2) is 46.2 Å². The smallest absolute Gasteiger partial charge is 0.137 e. The van der Waals surface area contributed by atoms with Crippen LogP contribution >= 0.6 is 35.0 Å². The molecule has 5 heteroatoms. The van der Waals surface area contributed by atoms with Gasteiger partial charge in [0.1, 0.15) is 5.82 Å². The van der Waals surface area contributed by atoms with E-state index in [-0.39, 0.29) is 5.82 Å². The second-order valence-corrected chi connectivity index (χ2v) is 7.02. The van der Waals surface area contributed by atoms with E-state index < -0.39 is 0 Å². The van der Waals surface area contributed by atoms with E-state index in [9.17, 15) is 4.39 Å². The Morgan fingerprint density at radius 1 is 1.10 bits per heavy atom. The van der Waals surface area contributed by atoms with Crippen LogP contribution < -0.4 is 5.32 Å². The predicted octanol–water partition coefficient (Wildman–Crippen LogP) is 5.54. The maximum atomic E-state index is 14.2. The number of hydrogen-bond donors (Lipinski definition) is 1. The van der Waals surface area contributed by atoms with Gasteiger partial charge in [0.25, 0.3) is 0 Å². The van der Waals surface area contributed by atoms with Crippen molar-refractivity contribution < 1.29 is 4.39 Å². The summed E-state index contributed by atoms with van der Waals surface area (Å²) in [5.74, 6) is -0.230. The highest BCUT2D eigenvalue weighted by Crippen LogP contribution is 2.36. The van der Waals surface area contributed by atoms with Gasteiger partial charge in [-0.3, -0.25) is 0 Å².